The molecule has 0 unspecified atom stereocenters. The summed E-state index contributed by atoms with van der Waals surface area (Å²) in [5.41, 5.74) is 2.74. The zero-order chi connectivity index (χ0) is 15.5. The zero-order valence-corrected chi connectivity index (χ0v) is 12.7. The van der Waals surface area contributed by atoms with Crippen molar-refractivity contribution < 1.29 is 9.90 Å². The van der Waals surface area contributed by atoms with Crippen LogP contribution >= 0.6 is 11.3 Å². The Labute approximate surface area is 132 Å². The molecule has 3 aromatic rings. The van der Waals surface area contributed by atoms with E-state index in [1.54, 1.807) is 35.6 Å². The third-order valence-electron chi connectivity index (χ3n) is 3.18. The normalized spacial score (nSPS) is 10.4. The first-order valence-corrected chi connectivity index (χ1v) is 7.63. The highest BCUT2D eigenvalue weighted by molar-refractivity contribution is 7.09. The van der Waals surface area contributed by atoms with E-state index in [-0.39, 0.29) is 17.2 Å². The highest BCUT2D eigenvalue weighted by Gasteiger charge is 2.11. The molecule has 0 radical (unpaired) electrons. The third-order valence-corrected chi connectivity index (χ3v) is 3.96. The maximum absolute atomic E-state index is 12.2. The Balaban J connectivity index is 1.84. The maximum Gasteiger partial charge on any atom is 0.259 e. The van der Waals surface area contributed by atoms with Crippen LogP contribution in [0.25, 0.3) is 11.3 Å². The van der Waals surface area contributed by atoms with Gasteiger partial charge in [-0.05, 0) is 31.2 Å². The van der Waals surface area contributed by atoms with Crippen molar-refractivity contribution >= 4 is 22.9 Å². The number of benzene rings is 2. The summed E-state index contributed by atoms with van der Waals surface area (Å²) in [4.78, 5) is 16.6. The lowest BCUT2D eigenvalue weighted by molar-refractivity contribution is 0.102. The van der Waals surface area contributed by atoms with Gasteiger partial charge in [0.25, 0.3) is 5.91 Å². The van der Waals surface area contributed by atoms with E-state index in [0.717, 1.165) is 16.3 Å². The topological polar surface area (TPSA) is 62.2 Å². The second-order valence-corrected chi connectivity index (χ2v) is 5.87. The highest BCUT2D eigenvalue weighted by atomic mass is 32.1. The molecule has 1 amide bonds. The first-order valence-electron chi connectivity index (χ1n) is 6.75. The lowest BCUT2D eigenvalue weighted by Gasteiger charge is -2.07. The Morgan fingerprint density at radius 1 is 1.18 bits per heavy atom. The highest BCUT2D eigenvalue weighted by Crippen LogP contribution is 2.25. The van der Waals surface area contributed by atoms with Crippen molar-refractivity contribution in [3.05, 3.63) is 64.5 Å². The average Bonchev–Trinajstić information content (AvgIpc) is 2.94. The first-order chi connectivity index (χ1) is 10.6. The minimum Gasteiger partial charge on any atom is -0.507 e. The zero-order valence-electron chi connectivity index (χ0n) is 11.9. The standard InChI is InChI=1S/C17H14N2O2S/c1-11-18-15(10-22-11)12-5-4-6-13(9-12)19-17(21)14-7-2-3-8-16(14)20/h2-10,20H,1H3,(H,19,21). The van der Waals surface area contributed by atoms with E-state index in [1.807, 2.05) is 30.5 Å². The Hall–Kier alpha value is -2.66. The number of amides is 1. The number of nitrogens with one attached hydrogen (secondary N) is 1. The van der Waals surface area contributed by atoms with Gasteiger partial charge in [0.15, 0.2) is 0 Å². The van der Waals surface area contributed by atoms with Gasteiger partial charge < -0.3 is 10.4 Å². The number of nitrogens with zero attached hydrogens (tertiary/aromatic N) is 1. The number of aryl methyl sites for hydroxylation is 1. The molecular weight excluding hydrogens is 296 g/mol. The van der Waals surface area contributed by atoms with Crippen LogP contribution in [0.15, 0.2) is 53.9 Å². The number of phenols is 1. The van der Waals surface area contributed by atoms with Crippen molar-refractivity contribution in [2.45, 2.75) is 6.92 Å². The van der Waals surface area contributed by atoms with Crippen molar-refractivity contribution in [3.63, 3.8) is 0 Å². The van der Waals surface area contributed by atoms with Crippen molar-refractivity contribution in [1.29, 1.82) is 0 Å². The molecule has 0 bridgehead atoms. The van der Waals surface area contributed by atoms with Crippen LogP contribution in [0.2, 0.25) is 0 Å². The average molecular weight is 310 g/mol. The Morgan fingerprint density at radius 3 is 2.73 bits per heavy atom. The number of aromatic nitrogens is 1. The third kappa shape index (κ3) is 2.99. The van der Waals surface area contributed by atoms with Gasteiger partial charge in [0.05, 0.1) is 16.3 Å². The van der Waals surface area contributed by atoms with Crippen LogP contribution in [0.4, 0.5) is 5.69 Å². The molecule has 2 N–H and O–H groups in total. The molecule has 0 atom stereocenters. The number of anilines is 1. The van der Waals surface area contributed by atoms with E-state index in [0.29, 0.717) is 5.69 Å². The molecule has 0 fully saturated rings. The molecule has 1 heterocycles. The summed E-state index contributed by atoms with van der Waals surface area (Å²) in [5.74, 6) is -0.379. The number of phenolic OH excluding ortho intramolecular Hbond substituents is 1. The number of hydrogen-bond donors (Lipinski definition) is 2. The van der Waals surface area contributed by atoms with Crippen LogP contribution in [0.1, 0.15) is 15.4 Å². The first kappa shape index (κ1) is 14.3. The molecule has 110 valence electrons. The van der Waals surface area contributed by atoms with Crippen molar-refractivity contribution in [1.82, 2.24) is 4.98 Å². The van der Waals surface area contributed by atoms with Crippen LogP contribution in [0.3, 0.4) is 0 Å². The second kappa shape index (κ2) is 5.99. The summed E-state index contributed by atoms with van der Waals surface area (Å²) in [7, 11) is 0. The van der Waals surface area contributed by atoms with Gasteiger partial charge in [0.2, 0.25) is 0 Å². The molecule has 0 aliphatic heterocycles. The molecular formula is C17H14N2O2S. The van der Waals surface area contributed by atoms with Gasteiger partial charge >= 0.3 is 0 Å². The van der Waals surface area contributed by atoms with Crippen molar-refractivity contribution in [2.24, 2.45) is 0 Å². The van der Waals surface area contributed by atoms with Crippen LogP contribution < -0.4 is 5.32 Å². The molecule has 4 nitrogen and oxygen atoms in total. The fraction of sp³-hybridized carbons (Fsp3) is 0.0588. The number of carbonyl (C=O) groups is 1. The SMILES string of the molecule is Cc1nc(-c2cccc(NC(=O)c3ccccc3O)c2)cs1. The molecule has 3 rings (SSSR count). The van der Waals surface area contributed by atoms with Gasteiger partial charge in [-0.2, -0.15) is 0 Å². The molecule has 2 aromatic carbocycles. The predicted octanol–water partition coefficient (Wildman–Crippen LogP) is 4.08. The summed E-state index contributed by atoms with van der Waals surface area (Å²) in [6, 6.07) is 13.9. The maximum atomic E-state index is 12.2. The number of hydrogen-bond acceptors (Lipinski definition) is 4. The Morgan fingerprint density at radius 2 is 2.00 bits per heavy atom. The Kier molecular flexibility index (Phi) is 3.89. The van der Waals surface area contributed by atoms with E-state index >= 15 is 0 Å². The van der Waals surface area contributed by atoms with Crippen LogP contribution in [0, 0.1) is 6.92 Å². The predicted molar refractivity (Wildman–Crippen MR) is 88.3 cm³/mol. The van der Waals surface area contributed by atoms with Crippen molar-refractivity contribution in [2.75, 3.05) is 5.32 Å². The number of carbonyl (C=O) groups excluding carboxylic acids is 1. The minimum absolute atomic E-state index is 0.0359. The second-order valence-electron chi connectivity index (χ2n) is 4.80. The minimum atomic E-state index is -0.343. The molecule has 0 saturated heterocycles. The van der Waals surface area contributed by atoms with E-state index in [1.165, 1.54) is 6.07 Å². The number of aromatic hydroxyl groups is 1. The fourth-order valence-electron chi connectivity index (χ4n) is 2.12. The number of para-hydroxylation sites is 1. The lowest BCUT2D eigenvalue weighted by Crippen LogP contribution is -2.11. The van der Waals surface area contributed by atoms with Crippen LogP contribution in [-0.2, 0) is 0 Å². The van der Waals surface area contributed by atoms with Gasteiger partial charge in [-0.3, -0.25) is 4.79 Å². The van der Waals surface area contributed by atoms with Crippen LogP contribution in [0.5, 0.6) is 5.75 Å². The molecule has 0 aliphatic carbocycles. The van der Waals surface area contributed by atoms with Crippen molar-refractivity contribution in [3.8, 4) is 17.0 Å². The molecule has 0 saturated carbocycles. The summed E-state index contributed by atoms with van der Waals surface area (Å²) < 4.78 is 0. The van der Waals surface area contributed by atoms with Gasteiger partial charge in [-0.25, -0.2) is 4.98 Å². The number of thiazole rings is 1. The molecule has 1 aromatic heterocycles. The van der Waals surface area contributed by atoms with Crippen LogP contribution in [-0.4, -0.2) is 16.0 Å². The Bertz CT molecular complexity index is 827. The molecule has 0 aliphatic rings. The van der Waals surface area contributed by atoms with E-state index in [4.69, 9.17) is 0 Å². The van der Waals surface area contributed by atoms with Gasteiger partial charge in [-0.1, -0.05) is 24.3 Å². The van der Waals surface area contributed by atoms with E-state index in [2.05, 4.69) is 10.3 Å². The molecule has 22 heavy (non-hydrogen) atoms. The summed E-state index contributed by atoms with van der Waals surface area (Å²) >= 11 is 1.59. The molecule has 0 spiro atoms. The largest absolute Gasteiger partial charge is 0.507 e. The van der Waals surface area contributed by atoms with Gasteiger partial charge in [-0.15, -0.1) is 11.3 Å². The summed E-state index contributed by atoms with van der Waals surface area (Å²) in [6.07, 6.45) is 0. The lowest BCUT2D eigenvalue weighted by atomic mass is 10.1. The quantitative estimate of drug-likeness (QED) is 0.766. The smallest absolute Gasteiger partial charge is 0.259 e. The molecule has 5 heteroatoms. The van der Waals surface area contributed by atoms with E-state index < -0.39 is 0 Å². The summed E-state index contributed by atoms with van der Waals surface area (Å²) in [5, 5.41) is 15.5. The summed E-state index contributed by atoms with van der Waals surface area (Å²) in [6.45, 7) is 1.96. The van der Waals surface area contributed by atoms with E-state index in [9.17, 15) is 9.90 Å². The monoisotopic (exact) mass is 310 g/mol. The number of rotatable bonds is 3. The fourth-order valence-corrected chi connectivity index (χ4v) is 2.74. The van der Waals surface area contributed by atoms with Gasteiger partial charge in [0, 0.05) is 16.6 Å². The van der Waals surface area contributed by atoms with Gasteiger partial charge in [0.1, 0.15) is 5.75 Å².